The van der Waals surface area contributed by atoms with Crippen LogP contribution in [0.3, 0.4) is 0 Å². The number of fused-ring (bicyclic) bond motifs is 2. The van der Waals surface area contributed by atoms with Crippen molar-refractivity contribution in [3.8, 4) is 16.9 Å². The summed E-state index contributed by atoms with van der Waals surface area (Å²) in [6, 6.07) is 22.4. The molecule has 0 spiro atoms. The number of nitrogens with one attached hydrogen (secondary N) is 2. The third-order valence-corrected chi connectivity index (χ3v) is 5.33. The second-order valence-corrected chi connectivity index (χ2v) is 7.32. The Labute approximate surface area is 196 Å². The first-order chi connectivity index (χ1) is 16.6. The topological polar surface area (TPSA) is 87.8 Å². The molecule has 5 rings (SSSR count). The van der Waals surface area contributed by atoms with Gasteiger partial charge in [-0.05, 0) is 48.0 Å². The molecule has 6 nitrogen and oxygen atoms in total. The number of pyridine rings is 1. The fraction of sp³-hybridized carbons (Fsp3) is 0.107. The van der Waals surface area contributed by atoms with Crippen LogP contribution >= 0.6 is 0 Å². The molecule has 0 aliphatic carbocycles. The van der Waals surface area contributed by atoms with E-state index in [1.807, 2.05) is 74.5 Å². The number of imidazole rings is 1. The van der Waals surface area contributed by atoms with E-state index in [-0.39, 0.29) is 5.56 Å². The van der Waals surface area contributed by atoms with Gasteiger partial charge in [-0.25, -0.2) is 4.98 Å². The van der Waals surface area contributed by atoms with Crippen LogP contribution in [0.1, 0.15) is 30.0 Å². The van der Waals surface area contributed by atoms with Crippen LogP contribution in [-0.2, 0) is 0 Å². The number of ketones is 1. The maximum atomic E-state index is 13.3. The average Bonchev–Trinajstić information content (AvgIpc) is 3.31. The van der Waals surface area contributed by atoms with Crippen LogP contribution in [0.25, 0.3) is 39.1 Å². The van der Waals surface area contributed by atoms with Crippen molar-refractivity contribution in [2.75, 3.05) is 7.11 Å². The van der Waals surface area contributed by atoms with E-state index in [2.05, 4.69) is 15.0 Å². The Balaban J connectivity index is 0.00000133. The maximum absolute atomic E-state index is 13.3. The molecule has 34 heavy (non-hydrogen) atoms. The van der Waals surface area contributed by atoms with Gasteiger partial charge < -0.3 is 14.7 Å². The van der Waals surface area contributed by atoms with Crippen molar-refractivity contribution in [3.63, 3.8) is 0 Å². The van der Waals surface area contributed by atoms with E-state index in [4.69, 9.17) is 4.74 Å². The first-order valence-electron chi connectivity index (χ1n) is 11.1. The molecule has 0 aliphatic heterocycles. The summed E-state index contributed by atoms with van der Waals surface area (Å²) in [5.74, 6) is 0.771. The van der Waals surface area contributed by atoms with Gasteiger partial charge in [0.15, 0.2) is 5.78 Å². The quantitative estimate of drug-likeness (QED) is 0.253. The lowest BCUT2D eigenvalue weighted by Gasteiger charge is -2.12. The Bertz CT molecular complexity index is 1510. The van der Waals surface area contributed by atoms with Crippen molar-refractivity contribution in [1.82, 2.24) is 15.0 Å². The maximum Gasteiger partial charge on any atom is 0.260 e. The smallest absolute Gasteiger partial charge is 0.260 e. The number of benzene rings is 3. The van der Waals surface area contributed by atoms with E-state index < -0.39 is 11.3 Å². The first kappa shape index (κ1) is 22.7. The van der Waals surface area contributed by atoms with E-state index >= 15 is 0 Å². The lowest BCUT2D eigenvalue weighted by atomic mass is 9.94. The average molecular weight is 452 g/mol. The molecule has 2 N–H and O–H groups in total. The lowest BCUT2D eigenvalue weighted by Crippen LogP contribution is -2.18. The van der Waals surface area contributed by atoms with Crippen molar-refractivity contribution in [1.29, 1.82) is 0 Å². The van der Waals surface area contributed by atoms with Gasteiger partial charge in [0, 0.05) is 16.5 Å². The first-order valence-corrected chi connectivity index (χ1v) is 11.1. The van der Waals surface area contributed by atoms with E-state index in [0.29, 0.717) is 22.7 Å². The molecule has 2 aromatic heterocycles. The van der Waals surface area contributed by atoms with Crippen molar-refractivity contribution in [2.24, 2.45) is 0 Å². The molecule has 0 unspecified atom stereocenters. The van der Waals surface area contributed by atoms with Gasteiger partial charge in [0.2, 0.25) is 0 Å². The number of aromatic amines is 2. The van der Waals surface area contributed by atoms with E-state index in [9.17, 15) is 9.59 Å². The standard InChI is InChI=1S/C26H19N3O3.C2H6/c1-32-17-11-12-19-18(15-17)24(16-7-3-2-4-8-16)25(26(31)29-19)22(30)13-14-23-27-20-9-5-6-10-21(20)28-23;1-2/h2-15H,1H3,(H,27,28)(H,29,31);1-2H3/b14-13+;. The molecule has 0 fully saturated rings. The number of carbonyl (C=O) groups excluding carboxylic acids is 1. The van der Waals surface area contributed by atoms with Crippen molar-refractivity contribution in [3.05, 3.63) is 101 Å². The molecule has 5 aromatic rings. The zero-order chi connectivity index (χ0) is 24.1. The monoisotopic (exact) mass is 451 g/mol. The second-order valence-electron chi connectivity index (χ2n) is 7.32. The molecule has 3 aromatic carbocycles. The molecule has 0 radical (unpaired) electrons. The molecule has 0 saturated carbocycles. The molecular weight excluding hydrogens is 426 g/mol. The molecule has 0 saturated heterocycles. The summed E-state index contributed by atoms with van der Waals surface area (Å²) in [6.45, 7) is 4.00. The number of nitrogens with zero attached hydrogens (tertiary/aromatic N) is 1. The minimum Gasteiger partial charge on any atom is -0.497 e. The second kappa shape index (κ2) is 10.0. The van der Waals surface area contributed by atoms with Crippen LogP contribution < -0.4 is 10.3 Å². The predicted octanol–water partition coefficient (Wildman–Crippen LogP) is 6.00. The zero-order valence-corrected chi connectivity index (χ0v) is 19.3. The van der Waals surface area contributed by atoms with Gasteiger partial charge in [-0.15, -0.1) is 0 Å². The van der Waals surface area contributed by atoms with Crippen molar-refractivity contribution in [2.45, 2.75) is 13.8 Å². The molecule has 170 valence electrons. The van der Waals surface area contributed by atoms with Crippen LogP contribution in [-0.4, -0.2) is 27.8 Å². The highest BCUT2D eigenvalue weighted by atomic mass is 16.5. The Morgan fingerprint density at radius 3 is 2.38 bits per heavy atom. The number of H-pyrrole nitrogens is 2. The Morgan fingerprint density at radius 1 is 0.912 bits per heavy atom. The zero-order valence-electron chi connectivity index (χ0n) is 19.3. The van der Waals surface area contributed by atoms with Gasteiger partial charge in [-0.2, -0.15) is 0 Å². The Hall–Kier alpha value is -4.45. The SMILES string of the molecule is CC.COc1ccc2[nH]c(=O)c(C(=O)/C=C/c3nc4ccccc4[nH]3)c(-c3ccccc3)c2c1. The summed E-state index contributed by atoms with van der Waals surface area (Å²) in [7, 11) is 1.58. The van der Waals surface area contributed by atoms with Gasteiger partial charge in [0.1, 0.15) is 11.6 Å². The fourth-order valence-electron chi connectivity index (χ4n) is 3.83. The minimum atomic E-state index is -0.444. The van der Waals surface area contributed by atoms with E-state index in [1.165, 1.54) is 6.08 Å². The number of hydrogen-bond acceptors (Lipinski definition) is 4. The van der Waals surface area contributed by atoms with Gasteiger partial charge in [-0.3, -0.25) is 9.59 Å². The van der Waals surface area contributed by atoms with Crippen molar-refractivity contribution < 1.29 is 9.53 Å². The number of ether oxygens (including phenoxy) is 1. The normalized spacial score (nSPS) is 10.9. The number of carbonyl (C=O) groups is 1. The third-order valence-electron chi connectivity index (χ3n) is 5.33. The van der Waals surface area contributed by atoms with Crippen LogP contribution in [0.15, 0.2) is 83.7 Å². The summed E-state index contributed by atoms with van der Waals surface area (Å²) in [5.41, 5.74) is 3.29. The summed E-state index contributed by atoms with van der Waals surface area (Å²) in [6.07, 6.45) is 2.97. The molecule has 2 heterocycles. The largest absolute Gasteiger partial charge is 0.497 e. The fourth-order valence-corrected chi connectivity index (χ4v) is 3.83. The van der Waals surface area contributed by atoms with Gasteiger partial charge in [0.05, 0.1) is 23.7 Å². The van der Waals surface area contributed by atoms with Gasteiger partial charge >= 0.3 is 0 Å². The molecular formula is C28H25N3O3. The van der Waals surface area contributed by atoms with Crippen LogP contribution in [0.5, 0.6) is 5.75 Å². The summed E-state index contributed by atoms with van der Waals surface area (Å²) >= 11 is 0. The highest BCUT2D eigenvalue weighted by molar-refractivity contribution is 6.15. The molecule has 0 amide bonds. The number of hydrogen-bond donors (Lipinski definition) is 2. The molecule has 0 aliphatic rings. The highest BCUT2D eigenvalue weighted by Crippen LogP contribution is 2.32. The number of allylic oxidation sites excluding steroid dienone is 1. The van der Waals surface area contributed by atoms with E-state index in [0.717, 1.165) is 22.0 Å². The molecule has 6 heteroatoms. The summed E-state index contributed by atoms with van der Waals surface area (Å²) < 4.78 is 5.37. The van der Waals surface area contributed by atoms with Crippen LogP contribution in [0, 0.1) is 0 Å². The van der Waals surface area contributed by atoms with Crippen molar-refractivity contribution >= 4 is 33.8 Å². The van der Waals surface area contributed by atoms with Crippen LogP contribution in [0.2, 0.25) is 0 Å². The highest BCUT2D eigenvalue weighted by Gasteiger charge is 2.19. The minimum absolute atomic E-state index is 0.0734. The van der Waals surface area contributed by atoms with Gasteiger partial charge in [-0.1, -0.05) is 56.3 Å². The third kappa shape index (κ3) is 4.38. The number of aromatic nitrogens is 3. The summed E-state index contributed by atoms with van der Waals surface area (Å²) in [4.78, 5) is 36.7. The Morgan fingerprint density at radius 2 is 1.65 bits per heavy atom. The lowest BCUT2D eigenvalue weighted by molar-refractivity contribution is 0.104. The predicted molar refractivity (Wildman–Crippen MR) is 137 cm³/mol. The number of methoxy groups -OCH3 is 1. The Kier molecular flexibility index (Phi) is 6.69. The summed E-state index contributed by atoms with van der Waals surface area (Å²) in [5, 5.41) is 0.732. The van der Waals surface area contributed by atoms with Crippen LogP contribution in [0.4, 0.5) is 0 Å². The molecule has 0 bridgehead atoms. The number of rotatable bonds is 5. The van der Waals surface area contributed by atoms with E-state index in [1.54, 1.807) is 25.3 Å². The van der Waals surface area contributed by atoms with Gasteiger partial charge in [0.25, 0.3) is 5.56 Å². The molecule has 0 atom stereocenters. The number of para-hydroxylation sites is 2.